The van der Waals surface area contributed by atoms with Gasteiger partial charge in [-0.05, 0) is 49.6 Å². The van der Waals surface area contributed by atoms with Gasteiger partial charge in [-0.1, -0.05) is 12.1 Å². The Morgan fingerprint density at radius 1 is 1.19 bits per heavy atom. The van der Waals surface area contributed by atoms with Gasteiger partial charge in [-0.3, -0.25) is 9.59 Å². The van der Waals surface area contributed by atoms with E-state index in [-0.39, 0.29) is 17.9 Å². The minimum atomic E-state index is -0.102. The average molecular weight is 351 g/mol. The molecule has 3 aromatic rings. The molecule has 1 aromatic carbocycles. The number of carbonyl (C=O) groups excluding carboxylic acids is 2. The number of nitrogens with one attached hydrogen (secondary N) is 2. The molecule has 6 heteroatoms. The largest absolute Gasteiger partial charge is 0.459 e. The molecule has 1 saturated heterocycles. The Hall–Kier alpha value is -3.02. The molecule has 134 valence electrons. The summed E-state index contributed by atoms with van der Waals surface area (Å²) in [5, 5.41) is 4.10. The second-order valence-electron chi connectivity index (χ2n) is 6.79. The van der Waals surface area contributed by atoms with Gasteiger partial charge in [0, 0.05) is 30.0 Å². The second kappa shape index (κ2) is 6.71. The number of aromatic nitrogens is 1. The van der Waals surface area contributed by atoms with Crippen molar-refractivity contribution < 1.29 is 14.0 Å². The number of H-pyrrole nitrogens is 1. The van der Waals surface area contributed by atoms with Crippen LogP contribution in [-0.4, -0.2) is 40.8 Å². The summed E-state index contributed by atoms with van der Waals surface area (Å²) in [4.78, 5) is 29.8. The number of nitrogens with zero attached hydrogens (tertiary/aromatic N) is 1. The molecule has 3 heterocycles. The Morgan fingerprint density at radius 2 is 2.00 bits per heavy atom. The summed E-state index contributed by atoms with van der Waals surface area (Å²) in [6, 6.07) is 11.4. The van der Waals surface area contributed by atoms with Gasteiger partial charge in [0.1, 0.15) is 5.69 Å². The van der Waals surface area contributed by atoms with E-state index < -0.39 is 0 Å². The molecule has 26 heavy (non-hydrogen) atoms. The van der Waals surface area contributed by atoms with Crippen molar-refractivity contribution >= 4 is 22.7 Å². The van der Waals surface area contributed by atoms with E-state index in [1.807, 2.05) is 31.2 Å². The van der Waals surface area contributed by atoms with Gasteiger partial charge in [-0.25, -0.2) is 0 Å². The van der Waals surface area contributed by atoms with Crippen LogP contribution in [0.2, 0.25) is 0 Å². The number of aromatic amines is 1. The molecule has 0 atom stereocenters. The summed E-state index contributed by atoms with van der Waals surface area (Å²) in [6.45, 7) is 3.24. The van der Waals surface area contributed by atoms with Crippen LogP contribution < -0.4 is 5.32 Å². The zero-order valence-corrected chi connectivity index (χ0v) is 14.6. The number of furan rings is 1. The fourth-order valence-corrected chi connectivity index (χ4v) is 3.41. The van der Waals surface area contributed by atoms with E-state index in [2.05, 4.69) is 10.3 Å². The van der Waals surface area contributed by atoms with E-state index in [4.69, 9.17) is 4.42 Å². The summed E-state index contributed by atoms with van der Waals surface area (Å²) in [7, 11) is 0. The molecule has 0 aliphatic carbocycles. The molecular formula is C20H21N3O3. The molecule has 2 amide bonds. The van der Waals surface area contributed by atoms with Crippen molar-refractivity contribution in [1.29, 1.82) is 0 Å². The highest BCUT2D eigenvalue weighted by Gasteiger charge is 2.26. The maximum atomic E-state index is 12.5. The Labute approximate surface area is 151 Å². The van der Waals surface area contributed by atoms with E-state index in [1.165, 1.54) is 6.26 Å². The minimum absolute atomic E-state index is 0.0660. The van der Waals surface area contributed by atoms with Gasteiger partial charge in [0.25, 0.3) is 11.8 Å². The van der Waals surface area contributed by atoms with E-state index in [1.54, 1.807) is 17.0 Å². The van der Waals surface area contributed by atoms with Crippen LogP contribution in [0.5, 0.6) is 0 Å². The van der Waals surface area contributed by atoms with Crippen molar-refractivity contribution in [3.8, 4) is 0 Å². The third-order valence-electron chi connectivity index (χ3n) is 4.87. The summed E-state index contributed by atoms with van der Waals surface area (Å²) < 4.78 is 5.17. The van der Waals surface area contributed by atoms with Gasteiger partial charge >= 0.3 is 0 Å². The van der Waals surface area contributed by atoms with Gasteiger partial charge in [-0.15, -0.1) is 0 Å². The monoisotopic (exact) mass is 351 g/mol. The first-order chi connectivity index (χ1) is 12.6. The van der Waals surface area contributed by atoms with Gasteiger partial charge < -0.3 is 19.6 Å². The third-order valence-corrected chi connectivity index (χ3v) is 4.87. The smallest absolute Gasteiger partial charge is 0.289 e. The fraction of sp³-hybridized carbons (Fsp3) is 0.300. The Bertz CT molecular complexity index is 935. The molecule has 2 aromatic heterocycles. The number of fused-ring (bicyclic) bond motifs is 1. The third kappa shape index (κ3) is 3.22. The van der Waals surface area contributed by atoms with Crippen molar-refractivity contribution in [2.45, 2.75) is 25.8 Å². The number of likely N-dealkylation sites (tertiary alicyclic amines) is 1. The topological polar surface area (TPSA) is 78.3 Å². The maximum absolute atomic E-state index is 12.5. The predicted molar refractivity (Wildman–Crippen MR) is 98.1 cm³/mol. The van der Waals surface area contributed by atoms with E-state index in [0.717, 1.165) is 29.3 Å². The van der Waals surface area contributed by atoms with Crippen LogP contribution in [0, 0.1) is 6.92 Å². The van der Waals surface area contributed by atoms with Gasteiger partial charge in [-0.2, -0.15) is 0 Å². The average Bonchev–Trinajstić information content (AvgIpc) is 3.31. The molecule has 4 rings (SSSR count). The van der Waals surface area contributed by atoms with Gasteiger partial charge in [0.2, 0.25) is 0 Å². The van der Waals surface area contributed by atoms with Crippen LogP contribution in [0.4, 0.5) is 0 Å². The zero-order chi connectivity index (χ0) is 18.1. The molecule has 0 bridgehead atoms. The number of benzene rings is 1. The normalized spacial score (nSPS) is 15.3. The molecule has 0 unspecified atom stereocenters. The van der Waals surface area contributed by atoms with Gasteiger partial charge in [0.05, 0.1) is 6.26 Å². The Balaban J connectivity index is 1.36. The van der Waals surface area contributed by atoms with Crippen molar-refractivity contribution in [1.82, 2.24) is 15.2 Å². The first-order valence-electron chi connectivity index (χ1n) is 8.83. The lowest BCUT2D eigenvalue weighted by Gasteiger charge is -2.31. The molecule has 0 saturated carbocycles. The summed E-state index contributed by atoms with van der Waals surface area (Å²) in [5.41, 5.74) is 2.69. The van der Waals surface area contributed by atoms with E-state index >= 15 is 0 Å². The summed E-state index contributed by atoms with van der Waals surface area (Å²) in [5.74, 6) is 0.168. The van der Waals surface area contributed by atoms with E-state index in [0.29, 0.717) is 24.5 Å². The van der Waals surface area contributed by atoms with Crippen LogP contribution >= 0.6 is 0 Å². The lowest BCUT2D eigenvalue weighted by atomic mass is 10.0. The van der Waals surface area contributed by atoms with Crippen LogP contribution in [0.15, 0.2) is 47.1 Å². The maximum Gasteiger partial charge on any atom is 0.289 e. The molecule has 0 radical (unpaired) electrons. The molecule has 2 N–H and O–H groups in total. The number of rotatable bonds is 3. The first kappa shape index (κ1) is 16.4. The summed E-state index contributed by atoms with van der Waals surface area (Å²) in [6.07, 6.45) is 2.97. The number of hydrogen-bond donors (Lipinski definition) is 2. The highest BCUT2D eigenvalue weighted by molar-refractivity contribution is 5.98. The van der Waals surface area contributed by atoms with Crippen molar-refractivity contribution in [2.75, 3.05) is 13.1 Å². The van der Waals surface area contributed by atoms with Crippen LogP contribution in [0.3, 0.4) is 0 Å². The zero-order valence-electron chi connectivity index (χ0n) is 14.6. The number of piperidine rings is 1. The Morgan fingerprint density at radius 3 is 2.73 bits per heavy atom. The minimum Gasteiger partial charge on any atom is -0.459 e. The summed E-state index contributed by atoms with van der Waals surface area (Å²) >= 11 is 0. The highest BCUT2D eigenvalue weighted by atomic mass is 16.3. The molecule has 1 fully saturated rings. The quantitative estimate of drug-likeness (QED) is 0.761. The number of carbonyl (C=O) groups is 2. The molecule has 0 spiro atoms. The van der Waals surface area contributed by atoms with Crippen LogP contribution in [0.25, 0.3) is 10.9 Å². The van der Waals surface area contributed by atoms with Crippen molar-refractivity contribution in [3.05, 3.63) is 59.7 Å². The second-order valence-corrected chi connectivity index (χ2v) is 6.79. The standard InChI is InChI=1S/C20H21N3O3/c1-13-4-5-14-12-17(22-16(14)11-13)19(24)21-15-6-8-23(9-7-15)20(25)18-3-2-10-26-18/h2-5,10-12,15,22H,6-9H2,1H3,(H,21,24). The lowest BCUT2D eigenvalue weighted by Crippen LogP contribution is -2.46. The molecule has 6 nitrogen and oxygen atoms in total. The SMILES string of the molecule is Cc1ccc2cc(C(=O)NC3CCN(C(=O)c4ccco4)CC3)[nH]c2c1. The highest BCUT2D eigenvalue weighted by Crippen LogP contribution is 2.18. The van der Waals surface area contributed by atoms with E-state index in [9.17, 15) is 9.59 Å². The van der Waals surface area contributed by atoms with Gasteiger partial charge in [0.15, 0.2) is 5.76 Å². The van der Waals surface area contributed by atoms with Crippen LogP contribution in [0.1, 0.15) is 39.4 Å². The number of amides is 2. The molecular weight excluding hydrogens is 330 g/mol. The number of aryl methyl sites for hydroxylation is 1. The Kier molecular flexibility index (Phi) is 4.24. The van der Waals surface area contributed by atoms with Crippen molar-refractivity contribution in [3.63, 3.8) is 0 Å². The predicted octanol–water partition coefficient (Wildman–Crippen LogP) is 3.10. The van der Waals surface area contributed by atoms with Crippen molar-refractivity contribution in [2.24, 2.45) is 0 Å². The van der Waals surface area contributed by atoms with Crippen LogP contribution in [-0.2, 0) is 0 Å². The first-order valence-corrected chi connectivity index (χ1v) is 8.83. The molecule has 1 aliphatic rings. The number of hydrogen-bond acceptors (Lipinski definition) is 3. The fourth-order valence-electron chi connectivity index (χ4n) is 3.41. The lowest BCUT2D eigenvalue weighted by molar-refractivity contribution is 0.0667. The molecule has 1 aliphatic heterocycles.